The van der Waals surface area contributed by atoms with Crippen LogP contribution in [0.25, 0.3) is 67.8 Å². The maximum atomic E-state index is 2.53. The molecule has 688 valence electrons. The van der Waals surface area contributed by atoms with Gasteiger partial charge in [0.1, 0.15) is 0 Å². The van der Waals surface area contributed by atoms with Crippen molar-refractivity contribution in [2.75, 3.05) is 29.4 Å². The van der Waals surface area contributed by atoms with Gasteiger partial charge in [0.05, 0.1) is 5.41 Å². The van der Waals surface area contributed by atoms with Gasteiger partial charge in [-0.2, -0.15) is 0 Å². The number of fused-ring (bicyclic) bond motifs is 10. The van der Waals surface area contributed by atoms with Crippen molar-refractivity contribution >= 4 is 126 Å². The van der Waals surface area contributed by atoms with Crippen LogP contribution in [0.5, 0.6) is 0 Å². The summed E-state index contributed by atoms with van der Waals surface area (Å²) in [6.07, 6.45) is 4.62. The van der Waals surface area contributed by atoms with E-state index in [2.05, 4.69) is 626 Å². The Hall–Kier alpha value is -18.9. The minimum absolute atomic E-state index is 0.914. The summed E-state index contributed by atoms with van der Waals surface area (Å²) in [5.41, 5.74) is 43.8. The van der Waals surface area contributed by atoms with Gasteiger partial charge in [0.15, 0.2) is 0 Å². The molecule has 6 nitrogen and oxygen atoms in total. The average Bonchev–Trinajstić information content (AvgIpc) is 1.50. The molecule has 0 N–H and O–H groups in total. The van der Waals surface area contributed by atoms with Crippen molar-refractivity contribution in [2.24, 2.45) is 0 Å². The monoisotopic (exact) mass is 1850 g/mol. The molecule has 0 unspecified atom stereocenters. The van der Waals surface area contributed by atoms with Crippen LogP contribution in [0.4, 0.5) is 102 Å². The topological polar surface area (TPSA) is 19.4 Å². The highest BCUT2D eigenvalue weighted by molar-refractivity contribution is 6.02. The zero-order chi connectivity index (χ0) is 96.9. The molecular weight excluding hydrogens is 1750 g/mol. The molecule has 24 rings (SSSR count). The quantitative estimate of drug-likeness (QED) is 0.0500. The summed E-state index contributed by atoms with van der Waals surface area (Å²) < 4.78 is 0. The van der Waals surface area contributed by atoms with E-state index in [-0.39, 0.29) is 0 Å². The maximum Gasteiger partial charge on any atom is 0.0728 e. The Balaban J connectivity index is 0.560. The second-order valence-electron chi connectivity index (χ2n) is 37.3. The number of nitrogens with zero attached hydrogens (tertiary/aromatic N) is 6. The number of rotatable bonds is 26. The zero-order valence-electron chi connectivity index (χ0n) is 80.6. The second-order valence-corrected chi connectivity index (χ2v) is 37.3. The Kier molecular flexibility index (Phi) is 24.1. The molecule has 0 bridgehead atoms. The van der Waals surface area contributed by atoms with E-state index in [0.717, 1.165) is 152 Å². The minimum atomic E-state index is -0.914. The van der Waals surface area contributed by atoms with Gasteiger partial charge in [-0.05, 0) is 356 Å². The van der Waals surface area contributed by atoms with E-state index in [4.69, 9.17) is 0 Å². The number of hydrogen-bond acceptors (Lipinski definition) is 6. The normalized spacial score (nSPS) is 11.9. The fraction of sp³-hybridized carbons (Fsp3) is 0.0216. The van der Waals surface area contributed by atoms with Gasteiger partial charge in [0.2, 0.25) is 0 Å². The van der Waals surface area contributed by atoms with Crippen LogP contribution < -0.4 is 29.4 Å². The molecule has 2 aliphatic rings. The molecule has 0 heterocycles. The summed E-state index contributed by atoms with van der Waals surface area (Å²) in [6, 6.07) is 209. The summed E-state index contributed by atoms with van der Waals surface area (Å²) >= 11 is 0. The van der Waals surface area contributed by atoms with Crippen LogP contribution in [0.3, 0.4) is 0 Å². The standard InChI is InChI=1S/C139H102N6/c1-99-53-71-118(72-54-99)140(120-75-57-101(58-76-120)93-133(107-33-13-3-14-34-107)108-35-15-4-16-36-108)122-79-65-105(66-80-122)106-67-81-123(82-68-106)141(119-73-55-100(2)56-74-119)121-77-59-102(60-78-121)94-134(109-37-17-5-18-38-109)110-63-61-103(62-64-110)104-69-83-124(84-70-104)145(117-51-31-12-32-52-117)128-88-92-132-131-91-87-127(144(115-47-27-10-28-48-115)116-49-29-11-30-50-116)97-137(131)139(138(132)98-128)135-95-125(142(111-39-19-6-20-40-111)112-41-21-7-22-42-112)85-89-129(135)130-90-86-126(96-136(130)139)143(113-43-23-8-24-44-113)114-45-25-9-26-46-114/h3-98H,1-2H3/b134-94+. The van der Waals surface area contributed by atoms with E-state index in [1.165, 1.54) is 72.3 Å². The third-order valence-electron chi connectivity index (χ3n) is 28.3. The smallest absolute Gasteiger partial charge is 0.0728 e. The van der Waals surface area contributed by atoms with E-state index in [9.17, 15) is 0 Å². The predicted octanol–water partition coefficient (Wildman–Crippen LogP) is 38.0. The first-order chi connectivity index (χ1) is 71.7. The molecule has 0 amide bonds. The lowest BCUT2D eigenvalue weighted by Gasteiger charge is -2.35. The van der Waals surface area contributed by atoms with E-state index in [0.29, 0.717) is 0 Å². The van der Waals surface area contributed by atoms with Gasteiger partial charge < -0.3 is 29.4 Å². The van der Waals surface area contributed by atoms with Gasteiger partial charge >= 0.3 is 0 Å². The molecule has 145 heavy (non-hydrogen) atoms. The molecule has 0 atom stereocenters. The number of hydrogen-bond donors (Lipinski definition) is 0. The van der Waals surface area contributed by atoms with Crippen molar-refractivity contribution < 1.29 is 0 Å². The molecule has 0 saturated heterocycles. The van der Waals surface area contributed by atoms with Crippen LogP contribution >= 0.6 is 0 Å². The van der Waals surface area contributed by atoms with Crippen molar-refractivity contribution in [1.82, 2.24) is 0 Å². The lowest BCUT2D eigenvalue weighted by Crippen LogP contribution is -2.27. The SMILES string of the molecule is Cc1ccc(N(c2ccc(C=C(c3ccccc3)c3ccccc3)cc2)c2ccc(-c3ccc(N(c4ccc(C)cc4)c4ccc(/C=C(\c5ccccc5)c5ccc(-c6ccc(N(c7ccccc7)c7ccc8c(c7)C7(c9cc(N(c%10ccccc%10)c%10ccccc%10)ccc9-c9ccc(N(c%10ccccc%10)c%10ccccc%10)cc97)c7cc(N(c9ccccc9)c9ccccc9)ccc7-8)cc6)cc5)cc4)cc3)cc2)cc1. The van der Waals surface area contributed by atoms with Gasteiger partial charge in [-0.15, -0.1) is 0 Å². The van der Waals surface area contributed by atoms with Crippen molar-refractivity contribution in [3.05, 3.63) is 637 Å². The van der Waals surface area contributed by atoms with Gasteiger partial charge in [-0.25, -0.2) is 0 Å². The number of benzene rings is 22. The first kappa shape index (κ1) is 88.8. The summed E-state index contributed by atoms with van der Waals surface area (Å²) in [6.45, 7) is 4.29. The molecule has 22 aromatic rings. The highest BCUT2D eigenvalue weighted by atomic mass is 15.2. The highest BCUT2D eigenvalue weighted by Crippen LogP contribution is 2.66. The summed E-state index contributed by atoms with van der Waals surface area (Å²) in [5, 5.41) is 0. The molecule has 0 fully saturated rings. The van der Waals surface area contributed by atoms with E-state index < -0.39 is 5.41 Å². The lowest BCUT2D eigenvalue weighted by atomic mass is 9.70. The Morgan fingerprint density at radius 3 is 0.524 bits per heavy atom. The molecule has 0 aliphatic heterocycles. The summed E-state index contributed by atoms with van der Waals surface area (Å²) in [5.74, 6) is 0. The van der Waals surface area contributed by atoms with Crippen molar-refractivity contribution in [3.8, 4) is 44.5 Å². The van der Waals surface area contributed by atoms with Gasteiger partial charge in [0.25, 0.3) is 0 Å². The number of para-hydroxylation sites is 7. The fourth-order valence-corrected chi connectivity index (χ4v) is 21.4. The molecular formula is C139H102N6. The first-order valence-electron chi connectivity index (χ1n) is 49.8. The van der Waals surface area contributed by atoms with Crippen LogP contribution in [0.2, 0.25) is 0 Å². The maximum absolute atomic E-state index is 2.53. The molecule has 0 radical (unpaired) electrons. The van der Waals surface area contributed by atoms with Gasteiger partial charge in [-0.1, -0.05) is 363 Å². The fourth-order valence-electron chi connectivity index (χ4n) is 21.4. The van der Waals surface area contributed by atoms with Gasteiger partial charge in [0, 0.05) is 102 Å². The Bertz CT molecular complexity index is 7950. The van der Waals surface area contributed by atoms with Crippen LogP contribution in [-0.2, 0) is 5.41 Å². The van der Waals surface area contributed by atoms with Crippen LogP contribution in [0.15, 0.2) is 570 Å². The Morgan fingerprint density at radius 2 is 0.310 bits per heavy atom. The molecule has 1 spiro atoms. The van der Waals surface area contributed by atoms with Crippen LogP contribution in [0, 0.1) is 13.8 Å². The molecule has 6 heteroatoms. The summed E-state index contributed by atoms with van der Waals surface area (Å²) in [4.78, 5) is 14.4. The van der Waals surface area contributed by atoms with Crippen LogP contribution in [0.1, 0.15) is 66.8 Å². The molecule has 0 aromatic heterocycles. The number of anilines is 18. The van der Waals surface area contributed by atoms with E-state index >= 15 is 0 Å². The highest BCUT2D eigenvalue weighted by Gasteiger charge is 2.53. The van der Waals surface area contributed by atoms with E-state index in [1.807, 2.05) is 0 Å². The predicted molar refractivity (Wildman–Crippen MR) is 611 cm³/mol. The largest absolute Gasteiger partial charge is 0.311 e. The Morgan fingerprint density at radius 1 is 0.152 bits per heavy atom. The van der Waals surface area contributed by atoms with Crippen molar-refractivity contribution in [3.63, 3.8) is 0 Å². The second kappa shape index (κ2) is 39.4. The van der Waals surface area contributed by atoms with Crippen molar-refractivity contribution in [2.45, 2.75) is 19.3 Å². The first-order valence-corrected chi connectivity index (χ1v) is 49.8. The van der Waals surface area contributed by atoms with Gasteiger partial charge in [-0.3, -0.25) is 0 Å². The van der Waals surface area contributed by atoms with Crippen LogP contribution in [-0.4, -0.2) is 0 Å². The molecule has 2 aliphatic carbocycles. The minimum Gasteiger partial charge on any atom is -0.311 e. The van der Waals surface area contributed by atoms with Crippen molar-refractivity contribution in [1.29, 1.82) is 0 Å². The third kappa shape index (κ3) is 17.5. The zero-order valence-corrected chi connectivity index (χ0v) is 80.6. The summed E-state index contributed by atoms with van der Waals surface area (Å²) in [7, 11) is 0. The van der Waals surface area contributed by atoms with E-state index in [1.54, 1.807) is 0 Å². The number of aryl methyl sites for hydroxylation is 2. The Labute approximate surface area is 849 Å². The third-order valence-corrected chi connectivity index (χ3v) is 28.3. The average molecular weight is 1860 g/mol. The lowest BCUT2D eigenvalue weighted by molar-refractivity contribution is 0.793. The molecule has 0 saturated carbocycles. The molecule has 22 aromatic carbocycles.